The molecule has 2 rings (SSSR count). The van der Waals surface area contributed by atoms with Crippen LogP contribution in [0.25, 0.3) is 0 Å². The number of nitrogens with one attached hydrogen (secondary N) is 1. The van der Waals surface area contributed by atoms with Crippen molar-refractivity contribution in [3.8, 4) is 5.75 Å². The minimum atomic E-state index is -0.460. The van der Waals surface area contributed by atoms with Gasteiger partial charge in [-0.05, 0) is 43.2 Å². The van der Waals surface area contributed by atoms with Crippen LogP contribution in [0.2, 0.25) is 5.02 Å². The highest BCUT2D eigenvalue weighted by atomic mass is 35.5. The van der Waals surface area contributed by atoms with Crippen LogP contribution in [0.3, 0.4) is 0 Å². The number of furan rings is 1. The van der Waals surface area contributed by atoms with Gasteiger partial charge in [0.25, 0.3) is 0 Å². The van der Waals surface area contributed by atoms with Crippen molar-refractivity contribution in [1.82, 2.24) is 5.43 Å². The molecule has 0 atom stereocenters. The summed E-state index contributed by atoms with van der Waals surface area (Å²) in [5.41, 5.74) is 3.77. The Hall–Kier alpha value is -1.98. The number of aryl methyl sites for hydroxylation is 2. The average molecular weight is 309 g/mol. The van der Waals surface area contributed by atoms with Crippen LogP contribution < -0.4 is 16.0 Å². The molecule has 0 saturated carbocycles. The fourth-order valence-electron chi connectivity index (χ4n) is 1.98. The van der Waals surface area contributed by atoms with Crippen LogP contribution in [0.4, 0.5) is 0 Å². The first-order chi connectivity index (χ1) is 10.0. The van der Waals surface area contributed by atoms with E-state index < -0.39 is 5.91 Å². The SMILES string of the molecule is CCc1cc(OCc2cc(C)c(C(=O)NN)o2)ccc1Cl. The van der Waals surface area contributed by atoms with Gasteiger partial charge in [-0.3, -0.25) is 10.2 Å². The summed E-state index contributed by atoms with van der Waals surface area (Å²) in [5.74, 6) is 6.08. The van der Waals surface area contributed by atoms with E-state index in [9.17, 15) is 4.79 Å². The summed E-state index contributed by atoms with van der Waals surface area (Å²) in [6.07, 6.45) is 0.830. The Morgan fingerprint density at radius 1 is 1.43 bits per heavy atom. The van der Waals surface area contributed by atoms with Crippen LogP contribution in [-0.4, -0.2) is 5.91 Å². The topological polar surface area (TPSA) is 77.5 Å². The third-order valence-corrected chi connectivity index (χ3v) is 3.45. The van der Waals surface area contributed by atoms with Gasteiger partial charge in [0.2, 0.25) is 0 Å². The smallest absolute Gasteiger partial charge is 0.301 e. The molecule has 0 radical (unpaired) electrons. The van der Waals surface area contributed by atoms with Gasteiger partial charge in [-0.2, -0.15) is 0 Å². The quantitative estimate of drug-likeness (QED) is 0.506. The standard InChI is InChI=1S/C15H17ClN2O3/c1-3-10-7-11(4-5-13(10)16)20-8-12-6-9(2)14(21-12)15(19)18-17/h4-7H,3,8,17H2,1-2H3,(H,18,19). The normalized spacial score (nSPS) is 10.5. The van der Waals surface area contributed by atoms with Gasteiger partial charge in [0, 0.05) is 10.6 Å². The monoisotopic (exact) mass is 308 g/mol. The second-order valence-electron chi connectivity index (χ2n) is 4.59. The number of carbonyl (C=O) groups excluding carboxylic acids is 1. The lowest BCUT2D eigenvalue weighted by Gasteiger charge is -2.07. The number of hydrazine groups is 1. The molecule has 0 bridgehead atoms. The lowest BCUT2D eigenvalue weighted by atomic mass is 10.1. The van der Waals surface area contributed by atoms with Gasteiger partial charge < -0.3 is 9.15 Å². The number of hydrogen-bond donors (Lipinski definition) is 2. The molecular weight excluding hydrogens is 292 g/mol. The molecule has 112 valence electrons. The van der Waals surface area contributed by atoms with Crippen LogP contribution in [0.15, 0.2) is 28.7 Å². The van der Waals surface area contributed by atoms with Crippen LogP contribution in [-0.2, 0) is 13.0 Å². The summed E-state index contributed by atoms with van der Waals surface area (Å²) < 4.78 is 11.1. The molecule has 1 heterocycles. The fraction of sp³-hybridized carbons (Fsp3) is 0.267. The molecule has 6 heteroatoms. The Bertz CT molecular complexity index is 652. The Labute approximate surface area is 128 Å². The van der Waals surface area contributed by atoms with E-state index in [0.717, 1.165) is 17.0 Å². The van der Waals surface area contributed by atoms with Crippen molar-refractivity contribution in [2.24, 2.45) is 5.84 Å². The van der Waals surface area contributed by atoms with Gasteiger partial charge in [-0.25, -0.2) is 5.84 Å². The van der Waals surface area contributed by atoms with E-state index >= 15 is 0 Å². The third kappa shape index (κ3) is 3.56. The first-order valence-corrected chi connectivity index (χ1v) is 6.94. The molecule has 0 fully saturated rings. The molecule has 5 nitrogen and oxygen atoms in total. The van der Waals surface area contributed by atoms with E-state index in [1.807, 2.05) is 18.4 Å². The minimum absolute atomic E-state index is 0.196. The largest absolute Gasteiger partial charge is 0.486 e. The van der Waals surface area contributed by atoms with Crippen LogP contribution >= 0.6 is 11.6 Å². The number of rotatable bonds is 5. The lowest BCUT2D eigenvalue weighted by molar-refractivity contribution is 0.0921. The van der Waals surface area contributed by atoms with Crippen molar-refractivity contribution in [3.05, 3.63) is 51.9 Å². The minimum Gasteiger partial charge on any atom is -0.486 e. The predicted molar refractivity (Wildman–Crippen MR) is 80.3 cm³/mol. The van der Waals surface area contributed by atoms with Crippen molar-refractivity contribution < 1.29 is 13.9 Å². The molecule has 0 saturated heterocycles. The number of nitrogens with two attached hydrogens (primary N) is 1. The van der Waals surface area contributed by atoms with Gasteiger partial charge in [-0.15, -0.1) is 0 Å². The fourth-order valence-corrected chi connectivity index (χ4v) is 2.23. The third-order valence-electron chi connectivity index (χ3n) is 3.09. The summed E-state index contributed by atoms with van der Waals surface area (Å²) >= 11 is 6.06. The van der Waals surface area contributed by atoms with Crippen molar-refractivity contribution in [2.75, 3.05) is 0 Å². The highest BCUT2D eigenvalue weighted by Gasteiger charge is 2.15. The number of carbonyl (C=O) groups is 1. The maximum atomic E-state index is 11.5. The maximum absolute atomic E-state index is 11.5. The van der Waals surface area contributed by atoms with Crippen LogP contribution in [0.5, 0.6) is 5.75 Å². The summed E-state index contributed by atoms with van der Waals surface area (Å²) in [5, 5.41) is 0.723. The summed E-state index contributed by atoms with van der Waals surface area (Å²) in [4.78, 5) is 11.5. The maximum Gasteiger partial charge on any atom is 0.301 e. The molecule has 0 spiro atoms. The highest BCUT2D eigenvalue weighted by molar-refractivity contribution is 6.31. The summed E-state index contributed by atoms with van der Waals surface area (Å²) in [6.45, 7) is 4.02. The number of ether oxygens (including phenoxy) is 1. The molecule has 1 aromatic heterocycles. The van der Waals surface area contributed by atoms with Crippen molar-refractivity contribution in [2.45, 2.75) is 26.9 Å². The number of benzene rings is 1. The molecule has 1 aromatic carbocycles. The van der Waals surface area contributed by atoms with Gasteiger partial charge in [0.1, 0.15) is 18.1 Å². The first kappa shape index (κ1) is 15.4. The Morgan fingerprint density at radius 2 is 2.19 bits per heavy atom. The van der Waals surface area contributed by atoms with E-state index in [0.29, 0.717) is 17.1 Å². The van der Waals surface area contributed by atoms with E-state index in [4.69, 9.17) is 26.6 Å². The predicted octanol–water partition coefficient (Wildman–Crippen LogP) is 2.99. The number of amides is 1. The Balaban J connectivity index is 2.08. The molecule has 0 aliphatic heterocycles. The van der Waals surface area contributed by atoms with Crippen molar-refractivity contribution in [3.63, 3.8) is 0 Å². The van der Waals surface area contributed by atoms with Gasteiger partial charge >= 0.3 is 5.91 Å². The molecule has 2 aromatic rings. The lowest BCUT2D eigenvalue weighted by Crippen LogP contribution is -2.30. The molecule has 21 heavy (non-hydrogen) atoms. The van der Waals surface area contributed by atoms with Crippen LogP contribution in [0.1, 0.15) is 34.4 Å². The Morgan fingerprint density at radius 3 is 2.86 bits per heavy atom. The molecule has 0 unspecified atom stereocenters. The van der Waals surface area contributed by atoms with E-state index in [-0.39, 0.29) is 12.4 Å². The van der Waals surface area contributed by atoms with Gasteiger partial charge in [-0.1, -0.05) is 18.5 Å². The van der Waals surface area contributed by atoms with Gasteiger partial charge in [0.15, 0.2) is 5.76 Å². The molecule has 0 aliphatic rings. The van der Waals surface area contributed by atoms with Crippen molar-refractivity contribution in [1.29, 1.82) is 0 Å². The van der Waals surface area contributed by atoms with Crippen LogP contribution in [0, 0.1) is 6.92 Å². The molecule has 1 amide bonds. The number of hydrogen-bond acceptors (Lipinski definition) is 4. The molecule has 3 N–H and O–H groups in total. The summed E-state index contributed by atoms with van der Waals surface area (Å²) in [6, 6.07) is 7.24. The highest BCUT2D eigenvalue weighted by Crippen LogP contribution is 2.24. The zero-order valence-electron chi connectivity index (χ0n) is 11.9. The van der Waals surface area contributed by atoms with Gasteiger partial charge in [0.05, 0.1) is 0 Å². The summed E-state index contributed by atoms with van der Waals surface area (Å²) in [7, 11) is 0. The molecule has 0 aliphatic carbocycles. The number of nitrogen functional groups attached to an aromatic ring is 1. The van der Waals surface area contributed by atoms with E-state index in [2.05, 4.69) is 0 Å². The Kier molecular flexibility index (Phi) is 4.88. The second-order valence-corrected chi connectivity index (χ2v) is 5.00. The zero-order valence-corrected chi connectivity index (χ0v) is 12.7. The first-order valence-electron chi connectivity index (χ1n) is 6.56. The van der Waals surface area contributed by atoms with Crippen molar-refractivity contribution >= 4 is 17.5 Å². The average Bonchev–Trinajstić information content (AvgIpc) is 2.86. The number of halogens is 1. The molecular formula is C15H17ClN2O3. The van der Waals surface area contributed by atoms with E-state index in [1.165, 1.54) is 0 Å². The second kappa shape index (κ2) is 6.65. The zero-order chi connectivity index (χ0) is 15.4. The van der Waals surface area contributed by atoms with E-state index in [1.54, 1.807) is 25.1 Å².